The Labute approximate surface area is 181 Å². The van der Waals surface area contributed by atoms with Gasteiger partial charge in [0.1, 0.15) is 6.54 Å². The number of carbonyl (C=O) groups excluding carboxylic acids is 4. The number of hydrogen-bond donors (Lipinski definition) is 0. The summed E-state index contributed by atoms with van der Waals surface area (Å²) < 4.78 is 1.87. The predicted octanol–water partition coefficient (Wildman–Crippen LogP) is 2.20. The van der Waals surface area contributed by atoms with E-state index in [2.05, 4.69) is 0 Å². The Morgan fingerprint density at radius 2 is 2.13 bits per heavy atom. The van der Waals surface area contributed by atoms with Gasteiger partial charge in [-0.25, -0.2) is 4.79 Å². The average Bonchev–Trinajstić information content (AvgIpc) is 3.33. The molecule has 0 unspecified atom stereocenters. The molecule has 0 spiro atoms. The molecule has 0 radical (unpaired) electrons. The van der Waals surface area contributed by atoms with Crippen LogP contribution in [0, 0.1) is 11.8 Å². The lowest BCUT2D eigenvalue weighted by Crippen LogP contribution is -2.56. The van der Waals surface area contributed by atoms with E-state index < -0.39 is 11.1 Å². The van der Waals surface area contributed by atoms with E-state index in [9.17, 15) is 19.2 Å². The highest BCUT2D eigenvalue weighted by Gasteiger charge is 2.45. The topological polar surface area (TPSA) is 77.8 Å². The molecule has 0 saturated carbocycles. The van der Waals surface area contributed by atoms with Crippen molar-refractivity contribution < 1.29 is 23.8 Å². The van der Waals surface area contributed by atoms with Crippen molar-refractivity contribution in [3.63, 3.8) is 0 Å². The van der Waals surface area contributed by atoms with Crippen LogP contribution in [0.1, 0.15) is 17.7 Å². The van der Waals surface area contributed by atoms with Gasteiger partial charge in [0.15, 0.2) is 12.3 Å². The van der Waals surface area contributed by atoms with E-state index in [4.69, 9.17) is 0 Å². The number of likely N-dealkylation sites (tertiary alicyclic amines) is 1. The van der Waals surface area contributed by atoms with Crippen LogP contribution in [0.5, 0.6) is 0 Å². The van der Waals surface area contributed by atoms with E-state index in [-0.39, 0.29) is 30.2 Å². The van der Waals surface area contributed by atoms with Crippen LogP contribution in [0.4, 0.5) is 4.79 Å². The van der Waals surface area contributed by atoms with E-state index in [1.54, 1.807) is 11.0 Å². The lowest BCUT2D eigenvalue weighted by Gasteiger charge is -2.39. The first-order chi connectivity index (χ1) is 14.5. The number of rotatable bonds is 3. The molecule has 4 amide bonds. The molecule has 4 aliphatic heterocycles. The molecular formula is C21H20N3O4S2+. The Morgan fingerprint density at radius 3 is 2.93 bits per heavy atom. The largest absolute Gasteiger partial charge is 0.390 e. The van der Waals surface area contributed by atoms with Crippen LogP contribution in [-0.2, 0) is 14.4 Å². The smallest absolute Gasteiger partial charge is 0.340 e. The zero-order chi connectivity index (χ0) is 20.8. The fourth-order valence-corrected chi connectivity index (χ4v) is 6.14. The molecule has 30 heavy (non-hydrogen) atoms. The Morgan fingerprint density at radius 1 is 1.27 bits per heavy atom. The Bertz CT molecular complexity index is 1040. The third-order valence-electron chi connectivity index (χ3n) is 5.93. The van der Waals surface area contributed by atoms with Crippen LogP contribution in [0.15, 0.2) is 34.6 Å². The summed E-state index contributed by atoms with van der Waals surface area (Å²) in [5, 5.41) is 1.50. The minimum atomic E-state index is -0.412. The lowest BCUT2D eigenvalue weighted by atomic mass is 9.81. The van der Waals surface area contributed by atoms with Crippen molar-refractivity contribution in [1.82, 2.24) is 9.80 Å². The predicted molar refractivity (Wildman–Crippen MR) is 114 cm³/mol. The molecule has 9 heteroatoms. The van der Waals surface area contributed by atoms with Crippen molar-refractivity contribution in [3.05, 3.63) is 39.4 Å². The van der Waals surface area contributed by atoms with Crippen molar-refractivity contribution in [1.29, 1.82) is 0 Å². The Kier molecular flexibility index (Phi) is 4.94. The standard InChI is InChI=1S/C21H20N3O4S2/c25-18-5-1-4-16-14-7-13(10-23(16)18)9-22(11-14)19(26)12-24-20(27)17(30-21(24)28)8-15-3-2-6-29-15/h1-4,6,8,13-14H,5,7,9-12H2/q+1/b17-8-/t13-,14-/m1/s1. The molecule has 2 bridgehead atoms. The van der Waals surface area contributed by atoms with Crippen molar-refractivity contribution in [2.75, 3.05) is 26.2 Å². The average molecular weight is 443 g/mol. The van der Waals surface area contributed by atoms with Gasteiger partial charge in [0.2, 0.25) is 5.91 Å². The first-order valence-corrected chi connectivity index (χ1v) is 11.6. The number of amides is 4. The van der Waals surface area contributed by atoms with Gasteiger partial charge in [0, 0.05) is 30.0 Å². The maximum atomic E-state index is 13.0. The molecule has 5 heterocycles. The lowest BCUT2D eigenvalue weighted by molar-refractivity contribution is -0.467. The second-order valence-electron chi connectivity index (χ2n) is 7.92. The van der Waals surface area contributed by atoms with E-state index in [0.29, 0.717) is 31.0 Å². The molecule has 1 aromatic rings. The summed E-state index contributed by atoms with van der Waals surface area (Å²) in [6.45, 7) is 1.46. The highest BCUT2D eigenvalue weighted by molar-refractivity contribution is 8.18. The van der Waals surface area contributed by atoms with Gasteiger partial charge in [-0.3, -0.25) is 19.3 Å². The second-order valence-corrected chi connectivity index (χ2v) is 9.89. The summed E-state index contributed by atoms with van der Waals surface area (Å²) in [7, 11) is 0. The number of nitrogens with zero attached hydrogens (tertiary/aromatic N) is 3. The number of fused-ring (bicyclic) bond motifs is 3. The zero-order valence-electron chi connectivity index (χ0n) is 16.2. The number of carbonyl (C=O) groups is 4. The number of piperidine rings is 1. The van der Waals surface area contributed by atoms with Gasteiger partial charge in [-0.05, 0) is 35.7 Å². The molecule has 0 aromatic carbocycles. The molecule has 2 atom stereocenters. The van der Waals surface area contributed by atoms with Crippen LogP contribution in [-0.4, -0.2) is 69.2 Å². The molecule has 1 aromatic heterocycles. The molecule has 4 aliphatic rings. The molecule has 2 fully saturated rings. The van der Waals surface area contributed by atoms with Gasteiger partial charge in [-0.1, -0.05) is 12.1 Å². The van der Waals surface area contributed by atoms with E-state index in [0.717, 1.165) is 33.7 Å². The van der Waals surface area contributed by atoms with Crippen LogP contribution in [0.3, 0.4) is 0 Å². The molecule has 0 aliphatic carbocycles. The molecular weight excluding hydrogens is 422 g/mol. The van der Waals surface area contributed by atoms with Crippen LogP contribution < -0.4 is 0 Å². The maximum Gasteiger partial charge on any atom is 0.390 e. The van der Waals surface area contributed by atoms with Crippen molar-refractivity contribution >= 4 is 57.8 Å². The van der Waals surface area contributed by atoms with Crippen molar-refractivity contribution in [3.8, 4) is 0 Å². The van der Waals surface area contributed by atoms with Crippen molar-refractivity contribution in [2.24, 2.45) is 11.8 Å². The summed E-state index contributed by atoms with van der Waals surface area (Å²) in [4.78, 5) is 54.3. The van der Waals surface area contributed by atoms with Gasteiger partial charge in [0.25, 0.3) is 11.1 Å². The molecule has 7 nitrogen and oxygen atoms in total. The molecule has 5 rings (SSSR count). The summed E-state index contributed by atoms with van der Waals surface area (Å²) in [6.07, 6.45) is 6.97. The first-order valence-electron chi connectivity index (χ1n) is 9.90. The van der Waals surface area contributed by atoms with Crippen LogP contribution in [0.2, 0.25) is 0 Å². The molecule has 2 saturated heterocycles. The fourth-order valence-electron chi connectivity index (χ4n) is 4.57. The van der Waals surface area contributed by atoms with E-state index >= 15 is 0 Å². The molecule has 0 N–H and O–H groups in total. The number of hydrogen-bond acceptors (Lipinski definition) is 6. The minimum absolute atomic E-state index is 0.121. The number of thiophene rings is 1. The van der Waals surface area contributed by atoms with Gasteiger partial charge in [-0.15, -0.1) is 11.3 Å². The van der Waals surface area contributed by atoms with E-state index in [1.807, 2.05) is 34.2 Å². The van der Waals surface area contributed by atoms with Crippen LogP contribution >= 0.6 is 23.1 Å². The summed E-state index contributed by atoms with van der Waals surface area (Å²) >= 11 is 2.36. The number of thioether (sulfide) groups is 1. The second kappa shape index (κ2) is 7.63. The fraction of sp³-hybridized carbons (Fsp3) is 0.381. The number of allylic oxidation sites excluding steroid dienone is 1. The highest BCUT2D eigenvalue weighted by Crippen LogP contribution is 2.34. The summed E-state index contributed by atoms with van der Waals surface area (Å²) in [5.74, 6) is -0.164. The maximum absolute atomic E-state index is 13.0. The minimum Gasteiger partial charge on any atom is -0.340 e. The normalized spacial score (nSPS) is 27.3. The summed E-state index contributed by atoms with van der Waals surface area (Å²) in [5.41, 5.74) is 0.991. The quantitative estimate of drug-likeness (QED) is 0.530. The molecule has 154 valence electrons. The van der Waals surface area contributed by atoms with Crippen LogP contribution in [0.25, 0.3) is 6.08 Å². The van der Waals surface area contributed by atoms with Gasteiger partial charge >= 0.3 is 5.91 Å². The number of imide groups is 1. The Balaban J connectivity index is 1.29. The van der Waals surface area contributed by atoms with E-state index in [1.165, 1.54) is 11.3 Å². The first kappa shape index (κ1) is 19.4. The SMILES string of the molecule is O=C(CN1C(=O)S/C(=C\c2cccs2)C1=O)N1C[C@H]2C[C@H](C1)C1=[N+](C2)C(=O)CC=C1. The monoisotopic (exact) mass is 442 g/mol. The third-order valence-corrected chi connectivity index (χ3v) is 7.65. The van der Waals surface area contributed by atoms with Gasteiger partial charge < -0.3 is 4.90 Å². The highest BCUT2D eigenvalue weighted by atomic mass is 32.2. The third kappa shape index (κ3) is 3.45. The van der Waals surface area contributed by atoms with Gasteiger partial charge in [-0.2, -0.15) is 4.58 Å². The zero-order valence-corrected chi connectivity index (χ0v) is 17.8. The summed E-state index contributed by atoms with van der Waals surface area (Å²) in [6, 6.07) is 3.76. The van der Waals surface area contributed by atoms with Crippen molar-refractivity contribution in [2.45, 2.75) is 12.8 Å². The Hall–Kier alpha value is -2.52. The van der Waals surface area contributed by atoms with Gasteiger partial charge in [0.05, 0.1) is 17.2 Å².